The van der Waals surface area contributed by atoms with Gasteiger partial charge in [-0.05, 0) is 55.5 Å². The molecule has 0 saturated carbocycles. The van der Waals surface area contributed by atoms with Crippen LogP contribution in [-0.2, 0) is 4.79 Å². The Morgan fingerprint density at radius 3 is 2.22 bits per heavy atom. The van der Waals surface area contributed by atoms with Gasteiger partial charge >= 0.3 is 0 Å². The van der Waals surface area contributed by atoms with Gasteiger partial charge in [0.05, 0.1) is 6.10 Å². The van der Waals surface area contributed by atoms with E-state index in [2.05, 4.69) is 32.4 Å². The van der Waals surface area contributed by atoms with Gasteiger partial charge in [-0.2, -0.15) is 0 Å². The lowest BCUT2D eigenvalue weighted by atomic mass is 10.1. The Morgan fingerprint density at radius 2 is 1.62 bits per heavy atom. The Kier molecular flexibility index (Phi) is 7.48. The number of aliphatic hydroxyl groups is 1. The molecule has 162 valence electrons. The van der Waals surface area contributed by atoms with E-state index in [9.17, 15) is 14.7 Å². The lowest BCUT2D eigenvalue weighted by molar-refractivity contribution is -0.133. The second-order valence-electron chi connectivity index (χ2n) is 6.79. The number of amides is 2. The summed E-state index contributed by atoms with van der Waals surface area (Å²) in [6.45, 7) is 1.33. The van der Waals surface area contributed by atoms with Gasteiger partial charge in [0.2, 0.25) is 0 Å². The van der Waals surface area contributed by atoms with Gasteiger partial charge in [0.25, 0.3) is 11.8 Å². The van der Waals surface area contributed by atoms with Gasteiger partial charge in [-0.3, -0.25) is 19.8 Å². The van der Waals surface area contributed by atoms with Gasteiger partial charge in [0, 0.05) is 41.0 Å². The first kappa shape index (κ1) is 22.4. The van der Waals surface area contributed by atoms with Gasteiger partial charge in [-0.1, -0.05) is 11.8 Å². The normalized spacial score (nSPS) is 12.0. The van der Waals surface area contributed by atoms with E-state index in [0.29, 0.717) is 11.4 Å². The highest BCUT2D eigenvalue weighted by Crippen LogP contribution is 2.13. The predicted octanol–water partition coefficient (Wildman–Crippen LogP) is 1.60. The summed E-state index contributed by atoms with van der Waals surface area (Å²) >= 11 is 0. The number of hydrogen-bond acceptors (Lipinski definition) is 7. The van der Waals surface area contributed by atoms with Crippen LogP contribution in [0.25, 0.3) is 0 Å². The van der Waals surface area contributed by atoms with Crippen molar-refractivity contribution < 1.29 is 19.9 Å². The molecule has 0 bridgehead atoms. The summed E-state index contributed by atoms with van der Waals surface area (Å²) in [6.07, 6.45) is 3.85. The molecular weight excluding hydrogens is 410 g/mol. The molecule has 0 spiro atoms. The molecule has 1 aromatic carbocycles. The number of aliphatic hydroxyl groups excluding tert-OH is 1. The highest BCUT2D eigenvalue weighted by Gasteiger charge is 2.25. The molecule has 9 heteroatoms. The van der Waals surface area contributed by atoms with E-state index in [1.807, 2.05) is 24.3 Å². The minimum atomic E-state index is -1.28. The lowest BCUT2D eigenvalue weighted by Crippen LogP contribution is -2.51. The maximum absolute atomic E-state index is 12.3. The average molecular weight is 431 g/mol. The van der Waals surface area contributed by atoms with Crippen LogP contribution in [0.4, 0.5) is 11.5 Å². The molecule has 2 unspecified atom stereocenters. The van der Waals surface area contributed by atoms with E-state index in [4.69, 9.17) is 5.21 Å². The summed E-state index contributed by atoms with van der Waals surface area (Å²) in [5.41, 5.74) is 3.98. The van der Waals surface area contributed by atoms with Gasteiger partial charge in [0.15, 0.2) is 0 Å². The number of carbonyl (C=O) groups excluding carboxylic acids is 2. The zero-order chi connectivity index (χ0) is 22.9. The van der Waals surface area contributed by atoms with Gasteiger partial charge in [-0.15, -0.1) is 0 Å². The van der Waals surface area contributed by atoms with Crippen LogP contribution in [0.1, 0.15) is 28.4 Å². The number of benzene rings is 1. The van der Waals surface area contributed by atoms with Crippen molar-refractivity contribution in [2.24, 2.45) is 0 Å². The van der Waals surface area contributed by atoms with E-state index in [1.165, 1.54) is 12.4 Å². The van der Waals surface area contributed by atoms with E-state index in [0.717, 1.165) is 11.3 Å². The van der Waals surface area contributed by atoms with Crippen molar-refractivity contribution in [3.05, 3.63) is 83.8 Å². The first-order chi connectivity index (χ1) is 15.5. The molecule has 0 aliphatic rings. The largest absolute Gasteiger partial charge is 0.391 e. The van der Waals surface area contributed by atoms with Crippen molar-refractivity contribution in [2.45, 2.75) is 19.1 Å². The Labute approximate surface area is 184 Å². The molecule has 2 heterocycles. The first-order valence-corrected chi connectivity index (χ1v) is 9.64. The lowest BCUT2D eigenvalue weighted by Gasteiger charge is -2.19. The summed E-state index contributed by atoms with van der Waals surface area (Å²) in [6, 6.07) is 12.5. The summed E-state index contributed by atoms with van der Waals surface area (Å²) in [5, 5.41) is 23.9. The number of carbonyl (C=O) groups is 2. The fraction of sp³-hybridized carbons (Fsp3) is 0.130. The van der Waals surface area contributed by atoms with E-state index in [1.54, 1.807) is 42.9 Å². The minimum absolute atomic E-state index is 0.278. The van der Waals surface area contributed by atoms with Crippen molar-refractivity contribution in [1.29, 1.82) is 0 Å². The Morgan fingerprint density at radius 1 is 0.969 bits per heavy atom. The highest BCUT2D eigenvalue weighted by molar-refractivity contribution is 5.97. The fourth-order valence-electron chi connectivity index (χ4n) is 2.67. The molecule has 2 atom stereocenters. The van der Waals surface area contributed by atoms with Crippen LogP contribution < -0.4 is 16.1 Å². The molecule has 0 fully saturated rings. The molecular formula is C23H21N5O4. The quantitative estimate of drug-likeness (QED) is 0.227. The summed E-state index contributed by atoms with van der Waals surface area (Å²) in [7, 11) is 0. The van der Waals surface area contributed by atoms with Gasteiger partial charge in [-0.25, -0.2) is 10.5 Å². The van der Waals surface area contributed by atoms with Gasteiger partial charge < -0.3 is 15.7 Å². The van der Waals surface area contributed by atoms with Crippen molar-refractivity contribution in [3.8, 4) is 11.8 Å². The molecule has 3 rings (SSSR count). The highest BCUT2D eigenvalue weighted by atomic mass is 16.5. The van der Waals surface area contributed by atoms with E-state index < -0.39 is 24.0 Å². The third-order valence-electron chi connectivity index (χ3n) is 4.38. The number of anilines is 2. The topological polar surface area (TPSA) is 136 Å². The Hall–Kier alpha value is -4.26. The number of nitrogens with one attached hydrogen (secondary N) is 3. The number of hydroxylamine groups is 1. The third-order valence-corrected chi connectivity index (χ3v) is 4.38. The Balaban J connectivity index is 1.62. The Bertz CT molecular complexity index is 1120. The van der Waals surface area contributed by atoms with Crippen LogP contribution in [0.5, 0.6) is 0 Å². The summed E-state index contributed by atoms with van der Waals surface area (Å²) in [4.78, 5) is 32.1. The number of aromatic nitrogens is 2. The fourth-order valence-corrected chi connectivity index (χ4v) is 2.67. The molecule has 0 radical (unpaired) electrons. The van der Waals surface area contributed by atoms with Crippen molar-refractivity contribution in [1.82, 2.24) is 20.8 Å². The molecule has 0 aliphatic carbocycles. The second-order valence-corrected chi connectivity index (χ2v) is 6.79. The second kappa shape index (κ2) is 10.7. The van der Waals surface area contributed by atoms with Crippen LogP contribution in [0, 0.1) is 11.8 Å². The van der Waals surface area contributed by atoms with Crippen LogP contribution >= 0.6 is 0 Å². The van der Waals surface area contributed by atoms with E-state index >= 15 is 0 Å². The number of rotatable bonds is 6. The molecule has 2 aromatic heterocycles. The molecule has 0 aliphatic heterocycles. The molecule has 0 saturated heterocycles. The molecule has 32 heavy (non-hydrogen) atoms. The molecule has 9 nitrogen and oxygen atoms in total. The SMILES string of the molecule is CC(O)C(NC(=O)c1ccc(C#Cc2ccc(Nc3ccncc3)nc2)cc1)C(=O)NO. The standard InChI is InChI=1S/C23H21N5O4/c1-15(29)21(23(31)28-32)27-22(30)18-7-4-16(5-8-18)2-3-17-6-9-20(25-14-17)26-19-10-12-24-13-11-19/h4-15,21,29,32H,1H3,(H,27,30)(H,28,31)(H,24,25,26). The zero-order valence-electron chi connectivity index (χ0n) is 17.1. The molecule has 3 aromatic rings. The molecule has 2 amide bonds. The number of pyridine rings is 2. The van der Waals surface area contributed by atoms with Crippen LogP contribution in [0.2, 0.25) is 0 Å². The maximum atomic E-state index is 12.3. The van der Waals surface area contributed by atoms with Crippen molar-refractivity contribution in [3.63, 3.8) is 0 Å². The smallest absolute Gasteiger partial charge is 0.268 e. The average Bonchev–Trinajstić information content (AvgIpc) is 2.82. The predicted molar refractivity (Wildman–Crippen MR) is 117 cm³/mol. The number of hydrogen-bond donors (Lipinski definition) is 5. The maximum Gasteiger partial charge on any atom is 0.268 e. The summed E-state index contributed by atoms with van der Waals surface area (Å²) in [5.74, 6) is 5.20. The van der Waals surface area contributed by atoms with E-state index in [-0.39, 0.29) is 5.56 Å². The molecule has 5 N–H and O–H groups in total. The van der Waals surface area contributed by atoms with Crippen LogP contribution in [-0.4, -0.2) is 44.2 Å². The van der Waals surface area contributed by atoms with Gasteiger partial charge in [0.1, 0.15) is 11.9 Å². The van der Waals surface area contributed by atoms with Crippen LogP contribution in [0.15, 0.2) is 67.1 Å². The first-order valence-electron chi connectivity index (χ1n) is 9.64. The van der Waals surface area contributed by atoms with Crippen LogP contribution in [0.3, 0.4) is 0 Å². The minimum Gasteiger partial charge on any atom is -0.391 e. The monoisotopic (exact) mass is 431 g/mol. The van der Waals surface area contributed by atoms with Crippen molar-refractivity contribution in [2.75, 3.05) is 5.32 Å². The third kappa shape index (κ3) is 6.12. The zero-order valence-corrected chi connectivity index (χ0v) is 17.1. The van der Waals surface area contributed by atoms with Crippen molar-refractivity contribution >= 4 is 23.3 Å². The summed E-state index contributed by atoms with van der Waals surface area (Å²) < 4.78 is 0. The number of nitrogens with zero attached hydrogens (tertiary/aromatic N) is 2.